The van der Waals surface area contributed by atoms with Crippen molar-refractivity contribution in [2.75, 3.05) is 26.7 Å². The smallest absolute Gasteiger partial charge is 0.0820 e. The Balaban J connectivity index is 1.83. The topological polar surface area (TPSA) is 12.5 Å². The van der Waals surface area contributed by atoms with Gasteiger partial charge in [-0.1, -0.05) is 42.8 Å². The highest BCUT2D eigenvalue weighted by Crippen LogP contribution is 2.22. The van der Waals surface area contributed by atoms with Gasteiger partial charge in [-0.05, 0) is 35.6 Å². The van der Waals surface area contributed by atoms with Gasteiger partial charge in [-0.25, -0.2) is 0 Å². The van der Waals surface area contributed by atoms with Gasteiger partial charge in [0.1, 0.15) is 0 Å². The fourth-order valence-corrected chi connectivity index (χ4v) is 2.66. The highest BCUT2D eigenvalue weighted by molar-refractivity contribution is 6.30. The predicted molar refractivity (Wildman–Crippen MR) is 85.8 cm³/mol. The molecule has 1 atom stereocenters. The van der Waals surface area contributed by atoms with Gasteiger partial charge in [0, 0.05) is 24.7 Å². The van der Waals surface area contributed by atoms with Gasteiger partial charge >= 0.3 is 0 Å². The Kier molecular flexibility index (Phi) is 5.69. The van der Waals surface area contributed by atoms with Crippen molar-refractivity contribution in [3.63, 3.8) is 0 Å². The van der Waals surface area contributed by atoms with E-state index in [1.165, 1.54) is 11.1 Å². The first-order chi connectivity index (χ1) is 9.69. The minimum atomic E-state index is 0.577. The minimum Gasteiger partial charge on any atom is -0.504 e. The van der Waals surface area contributed by atoms with E-state index < -0.39 is 0 Å². The van der Waals surface area contributed by atoms with Crippen LogP contribution in [-0.4, -0.2) is 31.6 Å². The van der Waals surface area contributed by atoms with E-state index in [1.807, 2.05) is 30.5 Å². The van der Waals surface area contributed by atoms with E-state index in [9.17, 15) is 0 Å². The molecule has 0 radical (unpaired) electrons. The van der Waals surface area contributed by atoms with Gasteiger partial charge < -0.3 is 4.74 Å². The van der Waals surface area contributed by atoms with Crippen LogP contribution < -0.4 is 0 Å². The molecule has 0 bridgehead atoms. The summed E-state index contributed by atoms with van der Waals surface area (Å²) in [5.41, 5.74) is 2.62. The molecule has 1 aliphatic rings. The van der Waals surface area contributed by atoms with Crippen LogP contribution in [0.1, 0.15) is 18.9 Å². The monoisotopic (exact) mass is 291 g/mol. The second-order valence-corrected chi connectivity index (χ2v) is 5.73. The van der Waals surface area contributed by atoms with Crippen molar-refractivity contribution in [3.05, 3.63) is 52.8 Å². The van der Waals surface area contributed by atoms with Crippen molar-refractivity contribution in [2.45, 2.75) is 13.3 Å². The van der Waals surface area contributed by atoms with Crippen molar-refractivity contribution in [2.24, 2.45) is 5.92 Å². The summed E-state index contributed by atoms with van der Waals surface area (Å²) in [5.74, 6) is 0.577. The fourth-order valence-electron chi connectivity index (χ4n) is 2.53. The average molecular weight is 292 g/mol. The molecule has 0 aromatic heterocycles. The first-order valence-corrected chi connectivity index (χ1v) is 7.43. The van der Waals surface area contributed by atoms with Crippen molar-refractivity contribution < 1.29 is 4.74 Å². The third-order valence-corrected chi connectivity index (χ3v) is 3.95. The molecule has 0 amide bonds. The maximum absolute atomic E-state index is 5.87. The number of hydrogen-bond acceptors (Lipinski definition) is 2. The number of benzene rings is 1. The number of methoxy groups -OCH3 is 1. The van der Waals surface area contributed by atoms with E-state index in [2.05, 4.69) is 24.0 Å². The van der Waals surface area contributed by atoms with Gasteiger partial charge in [0.2, 0.25) is 0 Å². The lowest BCUT2D eigenvalue weighted by molar-refractivity contribution is 0.232. The molecule has 20 heavy (non-hydrogen) atoms. The van der Waals surface area contributed by atoms with E-state index in [-0.39, 0.29) is 0 Å². The summed E-state index contributed by atoms with van der Waals surface area (Å²) >= 11 is 5.87. The van der Waals surface area contributed by atoms with Gasteiger partial charge in [0.05, 0.1) is 13.4 Å². The van der Waals surface area contributed by atoms with Gasteiger partial charge in [0.25, 0.3) is 0 Å². The molecular formula is C17H22ClNO. The molecule has 1 heterocycles. The molecule has 0 spiro atoms. The summed E-state index contributed by atoms with van der Waals surface area (Å²) in [5, 5.41) is 0.782. The summed E-state index contributed by atoms with van der Waals surface area (Å²) in [4.78, 5) is 2.48. The van der Waals surface area contributed by atoms with E-state index >= 15 is 0 Å². The SMILES string of the molecule is COC=C1CCN(C/C=C/c2ccc(Cl)cc2)CC1C. The Bertz CT molecular complexity index is 478. The van der Waals surface area contributed by atoms with Crippen molar-refractivity contribution in [3.8, 4) is 0 Å². The molecule has 1 aromatic rings. The zero-order valence-electron chi connectivity index (χ0n) is 12.2. The maximum Gasteiger partial charge on any atom is 0.0820 e. The molecule has 1 aliphatic heterocycles. The zero-order chi connectivity index (χ0) is 14.4. The molecule has 1 unspecified atom stereocenters. The van der Waals surface area contributed by atoms with Crippen LogP contribution in [0.15, 0.2) is 42.2 Å². The largest absolute Gasteiger partial charge is 0.504 e. The number of rotatable bonds is 4. The lowest BCUT2D eigenvalue weighted by Gasteiger charge is -2.31. The van der Waals surface area contributed by atoms with Crippen LogP contribution in [0, 0.1) is 5.92 Å². The zero-order valence-corrected chi connectivity index (χ0v) is 12.9. The lowest BCUT2D eigenvalue weighted by atomic mass is 9.94. The molecule has 108 valence electrons. The molecule has 0 aliphatic carbocycles. The molecule has 0 saturated carbocycles. The number of piperidine rings is 1. The molecule has 0 N–H and O–H groups in total. The first-order valence-electron chi connectivity index (χ1n) is 7.05. The second-order valence-electron chi connectivity index (χ2n) is 5.29. The van der Waals surface area contributed by atoms with Crippen LogP contribution in [-0.2, 0) is 4.74 Å². The second kappa shape index (κ2) is 7.51. The van der Waals surface area contributed by atoms with Crippen molar-refractivity contribution in [1.29, 1.82) is 0 Å². The quantitative estimate of drug-likeness (QED) is 0.770. The molecule has 1 aromatic carbocycles. The van der Waals surface area contributed by atoms with E-state index in [1.54, 1.807) is 7.11 Å². The Morgan fingerprint density at radius 3 is 2.75 bits per heavy atom. The van der Waals surface area contributed by atoms with Gasteiger partial charge in [0.15, 0.2) is 0 Å². The van der Waals surface area contributed by atoms with Crippen LogP contribution in [0.25, 0.3) is 6.08 Å². The average Bonchev–Trinajstić information content (AvgIpc) is 2.44. The number of hydrogen-bond donors (Lipinski definition) is 0. The van der Waals surface area contributed by atoms with Crippen LogP contribution in [0.2, 0.25) is 5.02 Å². The van der Waals surface area contributed by atoms with Gasteiger partial charge in [-0.15, -0.1) is 0 Å². The predicted octanol–water partition coefficient (Wildman–Crippen LogP) is 4.23. The van der Waals surface area contributed by atoms with Crippen LogP contribution >= 0.6 is 11.6 Å². The van der Waals surface area contributed by atoms with Crippen LogP contribution in [0.3, 0.4) is 0 Å². The molecule has 2 rings (SSSR count). The fraction of sp³-hybridized carbons (Fsp3) is 0.412. The maximum atomic E-state index is 5.87. The Labute approximate surface area is 126 Å². The first kappa shape index (κ1) is 15.1. The number of nitrogens with zero attached hydrogens (tertiary/aromatic N) is 1. The molecule has 1 saturated heterocycles. The number of likely N-dealkylation sites (tertiary alicyclic amines) is 1. The van der Waals surface area contributed by atoms with Crippen molar-refractivity contribution in [1.82, 2.24) is 4.90 Å². The third-order valence-electron chi connectivity index (χ3n) is 3.69. The summed E-state index contributed by atoms with van der Waals surface area (Å²) in [6, 6.07) is 7.92. The summed E-state index contributed by atoms with van der Waals surface area (Å²) in [7, 11) is 1.72. The van der Waals surface area contributed by atoms with Crippen LogP contribution in [0.5, 0.6) is 0 Å². The normalized spacial score (nSPS) is 22.6. The van der Waals surface area contributed by atoms with Crippen molar-refractivity contribution >= 4 is 17.7 Å². The molecule has 3 heteroatoms. The van der Waals surface area contributed by atoms with Gasteiger partial charge in [-0.2, -0.15) is 0 Å². The molecular weight excluding hydrogens is 270 g/mol. The van der Waals surface area contributed by atoms with Crippen LogP contribution in [0.4, 0.5) is 0 Å². The van der Waals surface area contributed by atoms with E-state index in [0.717, 1.165) is 31.1 Å². The standard InChI is InChI=1S/C17H22ClNO/c1-14-12-19(11-9-16(14)13-20-2)10-3-4-15-5-7-17(18)8-6-15/h3-8,13-14H,9-12H2,1-2H3/b4-3+,16-13?. The van der Waals surface area contributed by atoms with Gasteiger partial charge in [-0.3, -0.25) is 4.90 Å². The Morgan fingerprint density at radius 1 is 1.35 bits per heavy atom. The van der Waals surface area contributed by atoms with E-state index in [0.29, 0.717) is 5.92 Å². The number of halogens is 1. The highest BCUT2D eigenvalue weighted by atomic mass is 35.5. The highest BCUT2D eigenvalue weighted by Gasteiger charge is 2.19. The summed E-state index contributed by atoms with van der Waals surface area (Å²) in [6.07, 6.45) is 7.39. The third kappa shape index (κ3) is 4.39. The summed E-state index contributed by atoms with van der Waals surface area (Å²) < 4.78 is 5.13. The minimum absolute atomic E-state index is 0.577. The van der Waals surface area contributed by atoms with E-state index in [4.69, 9.17) is 16.3 Å². The molecule has 2 nitrogen and oxygen atoms in total. The number of ether oxygens (including phenoxy) is 1. The lowest BCUT2D eigenvalue weighted by Crippen LogP contribution is -2.35. The Morgan fingerprint density at radius 2 is 2.10 bits per heavy atom. The molecule has 1 fully saturated rings. The Hall–Kier alpha value is -1.25. The summed E-state index contributed by atoms with van der Waals surface area (Å²) in [6.45, 7) is 5.46.